The molecule has 1 fully saturated rings. The summed E-state index contributed by atoms with van der Waals surface area (Å²) < 4.78 is 38.7. The van der Waals surface area contributed by atoms with Gasteiger partial charge in [-0.25, -0.2) is 5.43 Å². The number of hydrogen-bond acceptors (Lipinski definition) is 6. The number of halogens is 3. The number of nitrogens with one attached hydrogen (secondary N) is 3. The minimum atomic E-state index is -4.38. The van der Waals surface area contributed by atoms with Gasteiger partial charge in [-0.15, -0.1) is 0 Å². The van der Waals surface area contributed by atoms with Crippen molar-refractivity contribution < 1.29 is 18.0 Å². The quantitative estimate of drug-likeness (QED) is 0.437. The second kappa shape index (κ2) is 11.7. The summed E-state index contributed by atoms with van der Waals surface area (Å²) in [7, 11) is 1.68. The van der Waals surface area contributed by atoms with E-state index in [1.165, 1.54) is 17.1 Å². The highest BCUT2D eigenvalue weighted by molar-refractivity contribution is 6.20. The van der Waals surface area contributed by atoms with Crippen molar-refractivity contribution in [2.75, 3.05) is 25.5 Å². The number of rotatable bonds is 6. The minimum Gasteiger partial charge on any atom is -0.383 e. The van der Waals surface area contributed by atoms with E-state index in [2.05, 4.69) is 21.1 Å². The summed E-state index contributed by atoms with van der Waals surface area (Å²) >= 11 is 0. The Morgan fingerprint density at radius 1 is 1.11 bits per heavy atom. The average Bonchev–Trinajstić information content (AvgIpc) is 3.30. The number of nitrogens with two attached hydrogens (primary N) is 1. The van der Waals surface area contributed by atoms with Gasteiger partial charge in [0.2, 0.25) is 0 Å². The van der Waals surface area contributed by atoms with E-state index in [0.29, 0.717) is 31.2 Å². The van der Waals surface area contributed by atoms with Gasteiger partial charge >= 0.3 is 6.18 Å². The van der Waals surface area contributed by atoms with Crippen molar-refractivity contribution >= 4 is 17.4 Å². The SMILES string of the molecule is CN1N[C@@H]2CCC(CCN=C(N)/C(=C(\NCCc3ccc(C(F)(F)F)cc3)Nc3ccccc3)C1=O)C2. The number of para-hydroxylation sites is 1. The second-order valence-electron chi connectivity index (χ2n) is 9.54. The number of amidine groups is 1. The first-order chi connectivity index (χ1) is 17.7. The first kappa shape index (κ1) is 26.5. The molecule has 5 N–H and O–H groups in total. The first-order valence-corrected chi connectivity index (χ1v) is 12.5. The molecule has 37 heavy (non-hydrogen) atoms. The zero-order valence-electron chi connectivity index (χ0n) is 20.8. The molecule has 1 amide bonds. The molecule has 1 heterocycles. The van der Waals surface area contributed by atoms with Gasteiger partial charge < -0.3 is 16.4 Å². The van der Waals surface area contributed by atoms with Gasteiger partial charge in [0.25, 0.3) is 5.91 Å². The van der Waals surface area contributed by atoms with Crippen LogP contribution in [-0.4, -0.2) is 42.9 Å². The number of aliphatic imine (C=N–C) groups is 1. The lowest BCUT2D eigenvalue weighted by Gasteiger charge is -2.26. The van der Waals surface area contributed by atoms with E-state index in [1.807, 2.05) is 30.3 Å². The molecule has 2 aromatic rings. The molecular formula is C27H33F3N6O. The van der Waals surface area contributed by atoms with Crippen LogP contribution in [0.1, 0.15) is 36.8 Å². The number of likely N-dealkylation sites (N-methyl/N-ethyl adjacent to an activating group) is 1. The molecule has 1 aliphatic carbocycles. The lowest BCUT2D eigenvalue weighted by Crippen LogP contribution is -2.48. The van der Waals surface area contributed by atoms with Gasteiger partial charge in [-0.2, -0.15) is 13.2 Å². The molecule has 1 unspecified atom stereocenters. The number of nitrogens with zero attached hydrogens (tertiary/aromatic N) is 2. The monoisotopic (exact) mass is 514 g/mol. The van der Waals surface area contributed by atoms with E-state index in [1.54, 1.807) is 7.05 Å². The molecule has 4 rings (SSSR count). The molecule has 1 saturated carbocycles. The molecule has 2 aliphatic rings. The summed E-state index contributed by atoms with van der Waals surface area (Å²) in [5.41, 5.74) is 10.7. The Kier molecular flexibility index (Phi) is 8.38. The molecule has 2 atom stereocenters. The molecular weight excluding hydrogens is 481 g/mol. The number of anilines is 1. The summed E-state index contributed by atoms with van der Waals surface area (Å²) in [6.07, 6.45) is 0.0680. The van der Waals surface area contributed by atoms with E-state index in [0.717, 1.165) is 49.1 Å². The van der Waals surface area contributed by atoms with Crippen molar-refractivity contribution in [2.24, 2.45) is 16.6 Å². The van der Waals surface area contributed by atoms with Gasteiger partial charge in [0.1, 0.15) is 17.2 Å². The highest BCUT2D eigenvalue weighted by Gasteiger charge is 2.31. The van der Waals surface area contributed by atoms with Gasteiger partial charge in [-0.1, -0.05) is 30.3 Å². The van der Waals surface area contributed by atoms with Crippen LogP contribution in [0.2, 0.25) is 0 Å². The van der Waals surface area contributed by atoms with Crippen LogP contribution in [0.3, 0.4) is 0 Å². The Labute approximate surface area is 215 Å². The number of benzene rings is 2. The van der Waals surface area contributed by atoms with Crippen LogP contribution >= 0.6 is 0 Å². The van der Waals surface area contributed by atoms with Crippen molar-refractivity contribution in [2.45, 2.75) is 44.3 Å². The van der Waals surface area contributed by atoms with Crippen LogP contribution in [0.4, 0.5) is 18.9 Å². The van der Waals surface area contributed by atoms with Crippen LogP contribution in [0, 0.1) is 5.92 Å². The molecule has 1 aliphatic heterocycles. The van der Waals surface area contributed by atoms with Crippen molar-refractivity contribution in [3.05, 3.63) is 77.1 Å². The smallest absolute Gasteiger partial charge is 0.383 e. The predicted molar refractivity (Wildman–Crippen MR) is 138 cm³/mol. The Balaban J connectivity index is 1.60. The van der Waals surface area contributed by atoms with E-state index in [9.17, 15) is 18.0 Å². The highest BCUT2D eigenvalue weighted by atomic mass is 19.4. The third kappa shape index (κ3) is 7.03. The number of fused-ring (bicyclic) bond motifs is 2. The molecule has 7 nitrogen and oxygen atoms in total. The number of carbonyl (C=O) groups is 1. The van der Waals surface area contributed by atoms with Crippen LogP contribution in [0.25, 0.3) is 0 Å². The molecule has 0 spiro atoms. The van der Waals surface area contributed by atoms with Gasteiger partial charge in [0.15, 0.2) is 0 Å². The van der Waals surface area contributed by atoms with Crippen molar-refractivity contribution in [1.29, 1.82) is 0 Å². The summed E-state index contributed by atoms with van der Waals surface area (Å²) in [5.74, 6) is 0.748. The lowest BCUT2D eigenvalue weighted by molar-refractivity contribution is -0.137. The number of hydrogen-bond donors (Lipinski definition) is 4. The van der Waals surface area contributed by atoms with Gasteiger partial charge in [0.05, 0.1) is 5.56 Å². The largest absolute Gasteiger partial charge is 0.416 e. The third-order valence-electron chi connectivity index (χ3n) is 6.80. The van der Waals surface area contributed by atoms with Gasteiger partial charge in [-0.05, 0) is 67.9 Å². The van der Waals surface area contributed by atoms with E-state index >= 15 is 0 Å². The lowest BCUT2D eigenvalue weighted by atomic mass is 10.0. The fourth-order valence-corrected chi connectivity index (χ4v) is 4.80. The van der Waals surface area contributed by atoms with E-state index in [-0.39, 0.29) is 23.4 Å². The van der Waals surface area contributed by atoms with Gasteiger partial charge in [0, 0.05) is 31.9 Å². The number of alkyl halides is 3. The van der Waals surface area contributed by atoms with Crippen LogP contribution < -0.4 is 21.8 Å². The average molecular weight is 515 g/mol. The Morgan fingerprint density at radius 2 is 1.84 bits per heavy atom. The third-order valence-corrected chi connectivity index (χ3v) is 6.80. The number of carbonyl (C=O) groups excluding carboxylic acids is 1. The summed E-state index contributed by atoms with van der Waals surface area (Å²) in [5, 5.41) is 7.99. The Bertz CT molecular complexity index is 1130. The van der Waals surface area contributed by atoms with Crippen LogP contribution in [0.5, 0.6) is 0 Å². The summed E-state index contributed by atoms with van der Waals surface area (Å²) in [6, 6.07) is 14.6. The van der Waals surface area contributed by atoms with Crippen molar-refractivity contribution in [1.82, 2.24) is 15.8 Å². The molecule has 0 saturated heterocycles. The fourth-order valence-electron chi connectivity index (χ4n) is 4.80. The van der Waals surface area contributed by atoms with E-state index in [4.69, 9.17) is 5.73 Å². The first-order valence-electron chi connectivity index (χ1n) is 12.5. The maximum Gasteiger partial charge on any atom is 0.416 e. The summed E-state index contributed by atoms with van der Waals surface area (Å²) in [6.45, 7) is 0.889. The minimum absolute atomic E-state index is 0.136. The standard InChI is InChI=1S/C27H33F3N6O/c1-36-26(37)23(24(31)32-15-14-19-9-12-22(17-19)35-36)25(34-21-5-3-2-4-6-21)33-16-13-18-7-10-20(11-8-18)27(28,29)30/h2-8,10-11,19,22,33-35H,9,12-17H2,1H3,(H2,31,32)/b25-23-/t19?,22-/m1/s1. The van der Waals surface area contributed by atoms with Crippen LogP contribution in [0.15, 0.2) is 71.0 Å². The maximum absolute atomic E-state index is 13.6. The molecule has 0 radical (unpaired) electrons. The Morgan fingerprint density at radius 3 is 2.54 bits per heavy atom. The van der Waals surface area contributed by atoms with Crippen LogP contribution in [-0.2, 0) is 17.4 Å². The molecule has 2 aromatic carbocycles. The normalized spacial score (nSPS) is 22.2. The van der Waals surface area contributed by atoms with Crippen molar-refractivity contribution in [3.63, 3.8) is 0 Å². The number of hydrazine groups is 1. The zero-order valence-corrected chi connectivity index (χ0v) is 20.8. The molecule has 10 heteroatoms. The second-order valence-corrected chi connectivity index (χ2v) is 9.54. The zero-order chi connectivity index (χ0) is 26.4. The molecule has 0 aromatic heterocycles. The van der Waals surface area contributed by atoms with Gasteiger partial charge in [-0.3, -0.25) is 14.8 Å². The number of amides is 1. The fraction of sp³-hybridized carbons (Fsp3) is 0.407. The predicted octanol–water partition coefficient (Wildman–Crippen LogP) is 4.05. The van der Waals surface area contributed by atoms with Crippen molar-refractivity contribution in [3.8, 4) is 0 Å². The highest BCUT2D eigenvalue weighted by Crippen LogP contribution is 2.30. The molecule has 2 bridgehead atoms. The Hall–Kier alpha value is -3.53. The van der Waals surface area contributed by atoms with E-state index < -0.39 is 11.7 Å². The molecule has 198 valence electrons. The topological polar surface area (TPSA) is 94.8 Å². The maximum atomic E-state index is 13.6. The summed E-state index contributed by atoms with van der Waals surface area (Å²) in [4.78, 5) is 18.2.